The van der Waals surface area contributed by atoms with E-state index in [0.29, 0.717) is 5.56 Å². The second kappa shape index (κ2) is 4.70. The lowest BCUT2D eigenvalue weighted by molar-refractivity contribution is -0.136. The van der Waals surface area contributed by atoms with E-state index < -0.39 is 5.97 Å². The number of nitrogens with one attached hydrogen (secondary N) is 1. The zero-order valence-corrected chi connectivity index (χ0v) is 10.3. The minimum absolute atomic E-state index is 0.0267. The molecule has 3 atom stereocenters. The molecule has 1 aromatic rings. The second-order valence-corrected chi connectivity index (χ2v) is 5.02. The van der Waals surface area contributed by atoms with Crippen LogP contribution in [-0.4, -0.2) is 35.2 Å². The molecule has 2 aliphatic rings. The Balaban J connectivity index is 1.67. The number of carboxylic acids is 1. The Morgan fingerprint density at radius 3 is 2.89 bits per heavy atom. The smallest absolute Gasteiger partial charge is 0.311 e. The molecule has 0 saturated carbocycles. The largest absolute Gasteiger partial charge is 0.481 e. The van der Waals surface area contributed by atoms with Crippen LogP contribution in [0.1, 0.15) is 35.4 Å². The molecule has 2 saturated heterocycles. The molecule has 102 valence electrons. The van der Waals surface area contributed by atoms with E-state index in [0.717, 1.165) is 19.3 Å². The highest BCUT2D eigenvalue weighted by atomic mass is 16.5. The summed E-state index contributed by atoms with van der Waals surface area (Å²) >= 11 is 0. The van der Waals surface area contributed by atoms with E-state index >= 15 is 0 Å². The fraction of sp³-hybridized carbons (Fsp3) is 0.538. The van der Waals surface area contributed by atoms with E-state index in [1.807, 2.05) is 0 Å². The van der Waals surface area contributed by atoms with Gasteiger partial charge in [-0.1, -0.05) is 0 Å². The van der Waals surface area contributed by atoms with Crippen molar-refractivity contribution in [3.63, 3.8) is 0 Å². The van der Waals surface area contributed by atoms with Gasteiger partial charge in [0.15, 0.2) is 0 Å². The molecule has 1 aromatic heterocycles. The Morgan fingerprint density at radius 1 is 1.42 bits per heavy atom. The van der Waals surface area contributed by atoms with Crippen molar-refractivity contribution >= 4 is 11.9 Å². The maximum absolute atomic E-state index is 12.1. The van der Waals surface area contributed by atoms with E-state index in [-0.39, 0.29) is 36.3 Å². The summed E-state index contributed by atoms with van der Waals surface area (Å²) in [5.41, 5.74) is 0.296. The summed E-state index contributed by atoms with van der Waals surface area (Å²) < 4.78 is 10.7. The molecule has 6 heteroatoms. The third-order valence-corrected chi connectivity index (χ3v) is 3.72. The van der Waals surface area contributed by atoms with Crippen molar-refractivity contribution in [2.24, 2.45) is 0 Å². The monoisotopic (exact) mass is 265 g/mol. The molecule has 0 spiro atoms. The summed E-state index contributed by atoms with van der Waals surface area (Å²) in [7, 11) is 0. The summed E-state index contributed by atoms with van der Waals surface area (Å²) in [4.78, 5) is 22.8. The lowest BCUT2D eigenvalue weighted by Crippen LogP contribution is -2.41. The maximum atomic E-state index is 12.1. The van der Waals surface area contributed by atoms with Crippen LogP contribution in [0.15, 0.2) is 16.7 Å². The summed E-state index contributed by atoms with van der Waals surface area (Å²) in [5, 5.41) is 11.7. The fourth-order valence-electron chi connectivity index (χ4n) is 2.85. The number of ether oxygens (including phenoxy) is 1. The highest BCUT2D eigenvalue weighted by molar-refractivity contribution is 5.96. The van der Waals surface area contributed by atoms with Crippen LogP contribution < -0.4 is 5.32 Å². The van der Waals surface area contributed by atoms with Crippen LogP contribution in [0.3, 0.4) is 0 Å². The Bertz CT molecular complexity index is 509. The van der Waals surface area contributed by atoms with E-state index in [2.05, 4.69) is 5.32 Å². The molecule has 2 aliphatic heterocycles. The number of furan rings is 1. The summed E-state index contributed by atoms with van der Waals surface area (Å²) in [6.07, 6.45) is 4.29. The maximum Gasteiger partial charge on any atom is 0.311 e. The molecular weight excluding hydrogens is 250 g/mol. The lowest BCUT2D eigenvalue weighted by atomic mass is 9.95. The van der Waals surface area contributed by atoms with Crippen LogP contribution in [0.4, 0.5) is 0 Å². The Hall–Kier alpha value is -1.82. The minimum atomic E-state index is -1.02. The van der Waals surface area contributed by atoms with Crippen molar-refractivity contribution in [2.75, 3.05) is 0 Å². The number of hydrogen-bond acceptors (Lipinski definition) is 4. The van der Waals surface area contributed by atoms with Crippen molar-refractivity contribution in [3.05, 3.63) is 23.7 Å². The average Bonchev–Trinajstić information content (AvgIpc) is 3.03. The number of aliphatic carboxylic acids is 1. The van der Waals surface area contributed by atoms with Crippen LogP contribution in [0.2, 0.25) is 0 Å². The quantitative estimate of drug-likeness (QED) is 0.846. The molecule has 2 N–H and O–H groups in total. The van der Waals surface area contributed by atoms with Gasteiger partial charge in [0, 0.05) is 0 Å². The van der Waals surface area contributed by atoms with Gasteiger partial charge in [-0.3, -0.25) is 9.59 Å². The molecular formula is C13H15NO5. The first kappa shape index (κ1) is 12.2. The zero-order valence-electron chi connectivity index (χ0n) is 10.3. The van der Waals surface area contributed by atoms with Gasteiger partial charge in [-0.15, -0.1) is 0 Å². The molecule has 3 heterocycles. The van der Waals surface area contributed by atoms with Crippen molar-refractivity contribution in [1.82, 2.24) is 5.32 Å². The van der Waals surface area contributed by atoms with Crippen LogP contribution in [-0.2, 0) is 16.0 Å². The number of carbonyl (C=O) groups is 2. The molecule has 2 fully saturated rings. The predicted octanol–water partition coefficient (Wildman–Crippen LogP) is 0.956. The van der Waals surface area contributed by atoms with E-state index in [1.165, 1.54) is 12.3 Å². The molecule has 0 aliphatic carbocycles. The van der Waals surface area contributed by atoms with Gasteiger partial charge < -0.3 is 19.6 Å². The SMILES string of the molecule is O=C(O)Cc1occc1C(=O)NC1CC2CCC1O2. The topological polar surface area (TPSA) is 88.8 Å². The number of rotatable bonds is 4. The molecule has 6 nitrogen and oxygen atoms in total. The standard InChI is InChI=1S/C13H15NO5/c15-12(16)6-11-8(3-4-18-11)13(17)14-9-5-7-1-2-10(9)19-7/h3-4,7,9-10H,1-2,5-6H2,(H,14,17)(H,15,16). The van der Waals surface area contributed by atoms with Gasteiger partial charge in [-0.2, -0.15) is 0 Å². The highest BCUT2D eigenvalue weighted by Gasteiger charge is 2.41. The summed E-state index contributed by atoms with van der Waals surface area (Å²) in [5.74, 6) is -1.12. The van der Waals surface area contributed by atoms with Crippen LogP contribution in [0.25, 0.3) is 0 Å². The molecule has 19 heavy (non-hydrogen) atoms. The molecule has 2 bridgehead atoms. The van der Waals surface area contributed by atoms with Gasteiger partial charge in [0.05, 0.1) is 30.1 Å². The Labute approximate surface area is 109 Å². The molecule has 0 radical (unpaired) electrons. The lowest BCUT2D eigenvalue weighted by Gasteiger charge is -2.19. The van der Waals surface area contributed by atoms with Gasteiger partial charge >= 0.3 is 5.97 Å². The first-order valence-electron chi connectivity index (χ1n) is 6.38. The normalized spacial score (nSPS) is 28.5. The van der Waals surface area contributed by atoms with Crippen molar-refractivity contribution < 1.29 is 23.8 Å². The predicted molar refractivity (Wildman–Crippen MR) is 63.8 cm³/mol. The van der Waals surface area contributed by atoms with E-state index in [9.17, 15) is 9.59 Å². The molecule has 1 amide bonds. The van der Waals surface area contributed by atoms with Crippen LogP contribution in [0.5, 0.6) is 0 Å². The number of carbonyl (C=O) groups excluding carboxylic acids is 1. The molecule has 0 aromatic carbocycles. The third kappa shape index (κ3) is 2.35. The zero-order chi connectivity index (χ0) is 13.4. The first-order valence-corrected chi connectivity index (χ1v) is 6.38. The van der Waals surface area contributed by atoms with Crippen molar-refractivity contribution in [1.29, 1.82) is 0 Å². The van der Waals surface area contributed by atoms with Crippen molar-refractivity contribution in [3.8, 4) is 0 Å². The molecule has 3 rings (SSSR count). The number of fused-ring (bicyclic) bond motifs is 2. The van der Waals surface area contributed by atoms with E-state index in [1.54, 1.807) is 0 Å². The van der Waals surface area contributed by atoms with Gasteiger partial charge in [0.1, 0.15) is 12.2 Å². The fourth-order valence-corrected chi connectivity index (χ4v) is 2.85. The van der Waals surface area contributed by atoms with E-state index in [4.69, 9.17) is 14.3 Å². The Morgan fingerprint density at radius 2 is 2.26 bits per heavy atom. The van der Waals surface area contributed by atoms with Gasteiger partial charge in [-0.05, 0) is 25.3 Å². The first-order chi connectivity index (χ1) is 9.13. The summed E-state index contributed by atoms with van der Waals surface area (Å²) in [6, 6.07) is 1.53. The number of carboxylic acid groups (broad SMARTS) is 1. The second-order valence-electron chi connectivity index (χ2n) is 5.02. The minimum Gasteiger partial charge on any atom is -0.481 e. The van der Waals surface area contributed by atoms with Crippen molar-refractivity contribution in [2.45, 2.75) is 43.9 Å². The summed E-state index contributed by atoms with van der Waals surface area (Å²) in [6.45, 7) is 0. The van der Waals surface area contributed by atoms with Gasteiger partial charge in [0.25, 0.3) is 5.91 Å². The Kier molecular flexibility index (Phi) is 3.02. The number of amides is 1. The van der Waals surface area contributed by atoms with Gasteiger partial charge in [-0.25, -0.2) is 0 Å². The van der Waals surface area contributed by atoms with Gasteiger partial charge in [0.2, 0.25) is 0 Å². The highest BCUT2D eigenvalue weighted by Crippen LogP contribution is 2.34. The average molecular weight is 265 g/mol. The molecule has 3 unspecified atom stereocenters. The van der Waals surface area contributed by atoms with Crippen LogP contribution in [0, 0.1) is 0 Å². The van der Waals surface area contributed by atoms with Crippen LogP contribution >= 0.6 is 0 Å². The third-order valence-electron chi connectivity index (χ3n) is 3.72. The number of hydrogen-bond donors (Lipinski definition) is 2.